The second-order valence-electron chi connectivity index (χ2n) is 7.76. The molecule has 1 aromatic rings. The number of nitrogens with zero attached hydrogens (tertiary/aromatic N) is 1. The van der Waals surface area contributed by atoms with Gasteiger partial charge in [0.25, 0.3) is 0 Å². The maximum Gasteiger partial charge on any atom is 0.225 e. The Morgan fingerprint density at radius 1 is 1.19 bits per heavy atom. The summed E-state index contributed by atoms with van der Waals surface area (Å²) >= 11 is 0. The lowest BCUT2D eigenvalue weighted by atomic mass is 9.96. The number of nitrogens with one attached hydrogen (secondary N) is 2. The normalized spacial score (nSPS) is 17.3. The summed E-state index contributed by atoms with van der Waals surface area (Å²) in [4.78, 5) is 25.6. The highest BCUT2D eigenvalue weighted by Crippen LogP contribution is 2.25. The van der Waals surface area contributed by atoms with Crippen LogP contribution >= 0.6 is 0 Å². The molecule has 1 fully saturated rings. The van der Waals surface area contributed by atoms with E-state index in [4.69, 9.17) is 0 Å². The van der Waals surface area contributed by atoms with Crippen molar-refractivity contribution in [2.24, 2.45) is 11.3 Å². The quantitative estimate of drug-likeness (QED) is 0.812. The maximum atomic E-state index is 13.3. The summed E-state index contributed by atoms with van der Waals surface area (Å²) in [6, 6.07) is 3.90. The fourth-order valence-corrected chi connectivity index (χ4v) is 2.82. The predicted octanol–water partition coefficient (Wildman–Crippen LogP) is 2.46. The molecule has 0 bridgehead atoms. The van der Waals surface area contributed by atoms with E-state index in [0.29, 0.717) is 25.3 Å². The molecule has 0 aliphatic carbocycles. The van der Waals surface area contributed by atoms with Crippen LogP contribution in [0.2, 0.25) is 0 Å². The number of amides is 2. The van der Waals surface area contributed by atoms with Crippen molar-refractivity contribution in [3.8, 4) is 0 Å². The molecule has 2 N–H and O–H groups in total. The van der Waals surface area contributed by atoms with E-state index in [0.717, 1.165) is 19.0 Å². The molecule has 0 aromatic heterocycles. The average molecular weight is 367 g/mol. The molecule has 1 unspecified atom stereocenters. The van der Waals surface area contributed by atoms with Crippen LogP contribution in [0.5, 0.6) is 0 Å². The van der Waals surface area contributed by atoms with Gasteiger partial charge in [-0.3, -0.25) is 9.59 Å². The van der Waals surface area contributed by atoms with E-state index in [1.165, 1.54) is 6.07 Å². The van der Waals surface area contributed by atoms with Crippen LogP contribution in [-0.4, -0.2) is 38.0 Å². The number of hydrogen-bond acceptors (Lipinski definition) is 3. The second-order valence-corrected chi connectivity index (χ2v) is 7.76. The van der Waals surface area contributed by atoms with Crippen molar-refractivity contribution in [3.63, 3.8) is 0 Å². The Kier molecular flexibility index (Phi) is 6.56. The fraction of sp³-hybridized carbons (Fsp3) is 0.579. The highest BCUT2D eigenvalue weighted by molar-refractivity contribution is 5.82. The Bertz CT molecular complexity index is 659. The van der Waals surface area contributed by atoms with Crippen molar-refractivity contribution < 1.29 is 18.4 Å². The van der Waals surface area contributed by atoms with Gasteiger partial charge in [0.15, 0.2) is 11.6 Å². The Labute approximate surface area is 153 Å². The highest BCUT2D eigenvalue weighted by atomic mass is 19.2. The topological polar surface area (TPSA) is 61.4 Å². The number of rotatable bonds is 6. The van der Waals surface area contributed by atoms with Gasteiger partial charge in [-0.05, 0) is 24.5 Å². The van der Waals surface area contributed by atoms with E-state index < -0.39 is 17.0 Å². The van der Waals surface area contributed by atoms with Crippen LogP contribution in [0.15, 0.2) is 18.2 Å². The molecule has 7 heteroatoms. The summed E-state index contributed by atoms with van der Waals surface area (Å²) in [5.41, 5.74) is 0.187. The number of anilines is 1. The van der Waals surface area contributed by atoms with Gasteiger partial charge in [0.05, 0.1) is 0 Å². The molecular formula is C19H27F2N3O2. The molecule has 1 aromatic carbocycles. The lowest BCUT2D eigenvalue weighted by Crippen LogP contribution is -2.38. The minimum Gasteiger partial charge on any atom is -0.371 e. The summed E-state index contributed by atoms with van der Waals surface area (Å²) in [7, 11) is 0. The van der Waals surface area contributed by atoms with Gasteiger partial charge in [0, 0.05) is 49.8 Å². The lowest BCUT2D eigenvalue weighted by Gasteiger charge is -2.19. The van der Waals surface area contributed by atoms with Crippen molar-refractivity contribution in [1.29, 1.82) is 0 Å². The van der Waals surface area contributed by atoms with Crippen molar-refractivity contribution in [2.45, 2.75) is 33.6 Å². The molecule has 0 saturated carbocycles. The molecule has 2 rings (SSSR count). The van der Waals surface area contributed by atoms with Gasteiger partial charge in [-0.25, -0.2) is 8.78 Å². The number of halogens is 2. The first-order valence-corrected chi connectivity index (χ1v) is 8.92. The molecule has 5 nitrogen and oxygen atoms in total. The zero-order valence-electron chi connectivity index (χ0n) is 15.6. The van der Waals surface area contributed by atoms with E-state index in [1.807, 2.05) is 25.7 Å². The van der Waals surface area contributed by atoms with E-state index in [9.17, 15) is 18.4 Å². The van der Waals surface area contributed by atoms with Crippen LogP contribution in [0, 0.1) is 23.0 Å². The van der Waals surface area contributed by atoms with Gasteiger partial charge in [0.1, 0.15) is 0 Å². The van der Waals surface area contributed by atoms with Crippen molar-refractivity contribution in [2.75, 3.05) is 31.1 Å². The van der Waals surface area contributed by atoms with Crippen molar-refractivity contribution in [3.05, 3.63) is 29.8 Å². The Morgan fingerprint density at radius 3 is 2.58 bits per heavy atom. The van der Waals surface area contributed by atoms with Gasteiger partial charge in [-0.2, -0.15) is 0 Å². The molecule has 1 heterocycles. The fourth-order valence-electron chi connectivity index (χ4n) is 2.82. The Balaban J connectivity index is 1.69. The first-order valence-electron chi connectivity index (χ1n) is 8.92. The Hall–Kier alpha value is -2.18. The molecule has 1 aliphatic heterocycles. The van der Waals surface area contributed by atoms with Gasteiger partial charge >= 0.3 is 0 Å². The SMILES string of the molecule is CC(C)(C)C(=O)NCCC(=O)NCC1CCN(c2ccc(F)c(F)c2)C1. The maximum absolute atomic E-state index is 13.3. The number of hydrogen-bond donors (Lipinski definition) is 2. The average Bonchev–Trinajstić information content (AvgIpc) is 3.03. The minimum absolute atomic E-state index is 0.0803. The molecule has 26 heavy (non-hydrogen) atoms. The molecule has 0 radical (unpaired) electrons. The summed E-state index contributed by atoms with van der Waals surface area (Å²) in [5.74, 6) is -1.63. The van der Waals surface area contributed by atoms with Crippen molar-refractivity contribution >= 4 is 17.5 Å². The second kappa shape index (κ2) is 8.47. The summed E-state index contributed by atoms with van der Waals surface area (Å²) in [5, 5.41) is 5.62. The van der Waals surface area contributed by atoms with E-state index in [2.05, 4.69) is 10.6 Å². The zero-order valence-corrected chi connectivity index (χ0v) is 15.6. The van der Waals surface area contributed by atoms with Crippen LogP contribution in [0.3, 0.4) is 0 Å². The van der Waals surface area contributed by atoms with Crippen LogP contribution in [0.25, 0.3) is 0 Å². The van der Waals surface area contributed by atoms with Gasteiger partial charge in [-0.1, -0.05) is 20.8 Å². The third-order valence-electron chi connectivity index (χ3n) is 4.46. The van der Waals surface area contributed by atoms with Crippen LogP contribution < -0.4 is 15.5 Å². The molecule has 144 valence electrons. The predicted molar refractivity (Wildman–Crippen MR) is 96.8 cm³/mol. The highest BCUT2D eigenvalue weighted by Gasteiger charge is 2.24. The molecular weight excluding hydrogens is 340 g/mol. The first kappa shape index (κ1) is 20.1. The number of benzene rings is 1. The van der Waals surface area contributed by atoms with E-state index in [-0.39, 0.29) is 24.2 Å². The smallest absolute Gasteiger partial charge is 0.225 e. The molecule has 1 atom stereocenters. The summed E-state index contributed by atoms with van der Waals surface area (Å²) < 4.78 is 26.4. The largest absolute Gasteiger partial charge is 0.371 e. The summed E-state index contributed by atoms with van der Waals surface area (Å²) in [6.07, 6.45) is 1.11. The molecule has 1 aliphatic rings. The number of carbonyl (C=O) groups excluding carboxylic acids is 2. The first-order chi connectivity index (χ1) is 12.2. The van der Waals surface area contributed by atoms with E-state index in [1.54, 1.807) is 6.07 Å². The third-order valence-corrected chi connectivity index (χ3v) is 4.46. The molecule has 0 spiro atoms. The van der Waals surface area contributed by atoms with Gasteiger partial charge < -0.3 is 15.5 Å². The van der Waals surface area contributed by atoms with Crippen LogP contribution in [-0.2, 0) is 9.59 Å². The van der Waals surface area contributed by atoms with E-state index >= 15 is 0 Å². The van der Waals surface area contributed by atoms with Crippen LogP contribution in [0.4, 0.5) is 14.5 Å². The minimum atomic E-state index is -0.852. The molecule has 2 amide bonds. The monoisotopic (exact) mass is 367 g/mol. The lowest BCUT2D eigenvalue weighted by molar-refractivity contribution is -0.128. The van der Waals surface area contributed by atoms with Crippen LogP contribution in [0.1, 0.15) is 33.6 Å². The molecule has 1 saturated heterocycles. The van der Waals surface area contributed by atoms with Gasteiger partial charge in [0.2, 0.25) is 11.8 Å². The zero-order chi connectivity index (χ0) is 19.3. The summed E-state index contributed by atoms with van der Waals surface area (Å²) in [6.45, 7) is 7.74. The number of carbonyl (C=O) groups is 2. The van der Waals surface area contributed by atoms with Crippen molar-refractivity contribution in [1.82, 2.24) is 10.6 Å². The Morgan fingerprint density at radius 2 is 1.92 bits per heavy atom. The third kappa shape index (κ3) is 5.68. The standard InChI is InChI=1S/C19H27F2N3O2/c1-19(2,3)18(26)22-8-6-17(25)23-11-13-7-9-24(12-13)14-4-5-15(20)16(21)10-14/h4-5,10,13H,6-9,11-12H2,1-3H3,(H,22,26)(H,23,25). The van der Waals surface area contributed by atoms with Gasteiger partial charge in [-0.15, -0.1) is 0 Å².